The van der Waals surface area contributed by atoms with E-state index in [1.165, 1.54) is 24.3 Å². The molecule has 168 valence electrons. The molecule has 0 aliphatic carbocycles. The first-order valence-corrected chi connectivity index (χ1v) is 10.4. The first-order chi connectivity index (χ1) is 15.6. The highest BCUT2D eigenvalue weighted by molar-refractivity contribution is 6.32. The number of hydrogen-bond acceptors (Lipinski definition) is 6. The van der Waals surface area contributed by atoms with Gasteiger partial charge in [-0.2, -0.15) is 5.26 Å². The van der Waals surface area contributed by atoms with Crippen LogP contribution in [0.15, 0.2) is 42.5 Å². The van der Waals surface area contributed by atoms with Crippen molar-refractivity contribution < 1.29 is 29.4 Å². The number of carbonyl (C=O) groups is 4. The molecule has 0 aromatic heterocycles. The highest BCUT2D eigenvalue weighted by Crippen LogP contribution is 2.51. The van der Waals surface area contributed by atoms with Gasteiger partial charge in [-0.15, -0.1) is 0 Å². The molecule has 0 spiro atoms. The molecule has 4 unspecified atom stereocenters. The fourth-order valence-corrected chi connectivity index (χ4v) is 4.88. The summed E-state index contributed by atoms with van der Waals surface area (Å²) in [6, 6.07) is 11.7. The number of aliphatic carboxylic acids is 2. The lowest BCUT2D eigenvalue weighted by molar-refractivity contribution is -0.154. The van der Waals surface area contributed by atoms with Crippen molar-refractivity contribution in [3.05, 3.63) is 64.2 Å². The number of benzene rings is 2. The molecular weight excluding hydrogens is 450 g/mol. The quantitative estimate of drug-likeness (QED) is 0.567. The Morgan fingerprint density at radius 3 is 2.36 bits per heavy atom. The number of rotatable bonds is 5. The van der Waals surface area contributed by atoms with Crippen LogP contribution in [0.3, 0.4) is 0 Å². The van der Waals surface area contributed by atoms with Gasteiger partial charge in [0.25, 0.3) is 0 Å². The van der Waals surface area contributed by atoms with Crippen LogP contribution in [0.4, 0.5) is 5.69 Å². The number of nitriles is 1. The predicted molar refractivity (Wildman–Crippen MR) is 115 cm³/mol. The average Bonchev–Trinajstić information content (AvgIpc) is 3.24. The number of carboxylic acids is 2. The van der Waals surface area contributed by atoms with Gasteiger partial charge in [0, 0.05) is 11.1 Å². The van der Waals surface area contributed by atoms with Gasteiger partial charge in [-0.25, -0.2) is 4.90 Å². The van der Waals surface area contributed by atoms with Gasteiger partial charge < -0.3 is 10.2 Å². The number of nitrogens with zero attached hydrogens (tertiary/aromatic N) is 2. The van der Waals surface area contributed by atoms with Crippen LogP contribution in [0.2, 0.25) is 5.02 Å². The maximum Gasteiger partial charge on any atom is 0.325 e. The molecule has 4 rings (SSSR count). The number of carboxylic acid groups (broad SMARTS) is 2. The second kappa shape index (κ2) is 7.99. The SMILES string of the molecule is Cc1ccc(N2C(=O)C3C(c4ccc(C#N)cc4)NC(CC(=O)O)(C(=O)O)C3C2=O)cc1Cl. The van der Waals surface area contributed by atoms with Crippen molar-refractivity contribution in [2.45, 2.75) is 24.9 Å². The molecule has 10 heteroatoms. The number of fused-ring (bicyclic) bond motifs is 1. The van der Waals surface area contributed by atoms with Crippen LogP contribution >= 0.6 is 11.6 Å². The van der Waals surface area contributed by atoms with E-state index in [1.54, 1.807) is 25.1 Å². The minimum Gasteiger partial charge on any atom is -0.481 e. The summed E-state index contributed by atoms with van der Waals surface area (Å²) in [5.74, 6) is -7.06. The highest BCUT2D eigenvalue weighted by atomic mass is 35.5. The van der Waals surface area contributed by atoms with E-state index in [-0.39, 0.29) is 5.69 Å². The minimum atomic E-state index is -2.20. The van der Waals surface area contributed by atoms with Crippen molar-refractivity contribution in [1.29, 1.82) is 5.26 Å². The number of hydrogen-bond donors (Lipinski definition) is 3. The summed E-state index contributed by atoms with van der Waals surface area (Å²) >= 11 is 6.18. The molecule has 2 aromatic carbocycles. The molecule has 0 radical (unpaired) electrons. The zero-order chi connectivity index (χ0) is 24.1. The molecular formula is C23H18ClN3O6. The Labute approximate surface area is 193 Å². The van der Waals surface area contributed by atoms with Gasteiger partial charge in [-0.05, 0) is 42.3 Å². The first kappa shape index (κ1) is 22.5. The van der Waals surface area contributed by atoms with Crippen molar-refractivity contribution in [2.75, 3.05) is 4.90 Å². The van der Waals surface area contributed by atoms with E-state index in [0.29, 0.717) is 16.1 Å². The van der Waals surface area contributed by atoms with Crippen LogP contribution in [0.25, 0.3) is 0 Å². The molecule has 2 aliphatic heterocycles. The number of amides is 2. The normalized spacial score (nSPS) is 26.2. The Kier molecular flexibility index (Phi) is 5.44. The third-order valence-electron chi connectivity index (χ3n) is 6.28. The molecule has 3 N–H and O–H groups in total. The summed E-state index contributed by atoms with van der Waals surface area (Å²) in [5, 5.41) is 31.7. The molecule has 0 bridgehead atoms. The largest absolute Gasteiger partial charge is 0.481 e. The Morgan fingerprint density at radius 2 is 1.82 bits per heavy atom. The van der Waals surface area contributed by atoms with Crippen LogP contribution in [0, 0.1) is 30.1 Å². The molecule has 2 amide bonds. The van der Waals surface area contributed by atoms with E-state index in [2.05, 4.69) is 5.32 Å². The Morgan fingerprint density at radius 1 is 1.15 bits per heavy atom. The van der Waals surface area contributed by atoms with Crippen molar-refractivity contribution in [2.24, 2.45) is 11.8 Å². The van der Waals surface area contributed by atoms with E-state index >= 15 is 0 Å². The monoisotopic (exact) mass is 467 g/mol. The number of carbonyl (C=O) groups excluding carboxylic acids is 2. The van der Waals surface area contributed by atoms with Gasteiger partial charge in [0.1, 0.15) is 5.54 Å². The Balaban J connectivity index is 1.87. The average molecular weight is 468 g/mol. The van der Waals surface area contributed by atoms with Gasteiger partial charge in [-0.1, -0.05) is 29.8 Å². The van der Waals surface area contributed by atoms with Crippen LogP contribution in [0.1, 0.15) is 29.2 Å². The van der Waals surface area contributed by atoms with Gasteiger partial charge in [0.05, 0.1) is 35.6 Å². The van der Waals surface area contributed by atoms with Gasteiger partial charge in [-0.3, -0.25) is 24.5 Å². The van der Waals surface area contributed by atoms with E-state index in [1.807, 2.05) is 6.07 Å². The van der Waals surface area contributed by atoms with Crippen LogP contribution < -0.4 is 10.2 Å². The highest BCUT2D eigenvalue weighted by Gasteiger charge is 2.69. The molecule has 0 saturated carbocycles. The summed E-state index contributed by atoms with van der Waals surface area (Å²) in [4.78, 5) is 51.9. The summed E-state index contributed by atoms with van der Waals surface area (Å²) in [5.41, 5.74) is -0.480. The molecule has 2 heterocycles. The zero-order valence-electron chi connectivity index (χ0n) is 17.3. The molecule has 9 nitrogen and oxygen atoms in total. The van der Waals surface area contributed by atoms with Gasteiger partial charge in [0.2, 0.25) is 11.8 Å². The van der Waals surface area contributed by atoms with E-state index in [4.69, 9.17) is 16.9 Å². The van der Waals surface area contributed by atoms with E-state index in [0.717, 1.165) is 10.5 Å². The number of halogens is 1. The summed E-state index contributed by atoms with van der Waals surface area (Å²) in [6.45, 7) is 1.75. The Bertz CT molecular complexity index is 1240. The summed E-state index contributed by atoms with van der Waals surface area (Å²) < 4.78 is 0. The zero-order valence-corrected chi connectivity index (χ0v) is 18.0. The molecule has 2 saturated heterocycles. The second-order valence-corrected chi connectivity index (χ2v) is 8.56. The standard InChI is InChI=1S/C23H18ClN3O6/c1-11-2-7-14(8-15(11)24)27-20(30)17-18(21(27)31)23(22(32)33,9-16(28)29)26-19(17)13-5-3-12(10-25)4-6-13/h2-8,17-19,26H,9H2,1H3,(H,28,29)(H,32,33). The lowest BCUT2D eigenvalue weighted by atomic mass is 9.77. The summed E-state index contributed by atoms with van der Waals surface area (Å²) in [6.07, 6.45) is -0.905. The third kappa shape index (κ3) is 3.44. The fraction of sp³-hybridized carbons (Fsp3) is 0.261. The third-order valence-corrected chi connectivity index (χ3v) is 6.69. The topological polar surface area (TPSA) is 148 Å². The van der Waals surface area contributed by atoms with E-state index in [9.17, 15) is 29.4 Å². The van der Waals surface area contributed by atoms with Crippen molar-refractivity contribution in [3.8, 4) is 6.07 Å². The van der Waals surface area contributed by atoms with Crippen LogP contribution in [-0.4, -0.2) is 39.5 Å². The minimum absolute atomic E-state index is 0.184. The molecule has 4 atom stereocenters. The van der Waals surface area contributed by atoms with Gasteiger partial charge in [0.15, 0.2) is 0 Å². The second-order valence-electron chi connectivity index (χ2n) is 8.15. The van der Waals surface area contributed by atoms with Gasteiger partial charge >= 0.3 is 11.9 Å². The number of aryl methyl sites for hydroxylation is 1. The predicted octanol–water partition coefficient (Wildman–Crippen LogP) is 2.27. The van der Waals surface area contributed by atoms with Crippen molar-refractivity contribution in [3.63, 3.8) is 0 Å². The maximum absolute atomic E-state index is 13.5. The van der Waals surface area contributed by atoms with Crippen molar-refractivity contribution >= 4 is 41.0 Å². The molecule has 2 aromatic rings. The van der Waals surface area contributed by atoms with Crippen LogP contribution in [0.5, 0.6) is 0 Å². The van der Waals surface area contributed by atoms with E-state index < -0.39 is 53.6 Å². The lowest BCUT2D eigenvalue weighted by Crippen LogP contribution is -2.57. The Hall–Kier alpha value is -3.74. The molecule has 2 aliphatic rings. The number of anilines is 1. The first-order valence-electron chi connectivity index (χ1n) is 9.97. The smallest absolute Gasteiger partial charge is 0.325 e. The number of imide groups is 1. The molecule has 2 fully saturated rings. The maximum atomic E-state index is 13.5. The fourth-order valence-electron chi connectivity index (χ4n) is 4.70. The molecule has 33 heavy (non-hydrogen) atoms. The number of nitrogens with one attached hydrogen (secondary N) is 1. The lowest BCUT2D eigenvalue weighted by Gasteiger charge is -2.29. The van der Waals surface area contributed by atoms with Crippen LogP contribution in [-0.2, 0) is 19.2 Å². The van der Waals surface area contributed by atoms with Crippen molar-refractivity contribution in [1.82, 2.24) is 5.32 Å². The summed E-state index contributed by atoms with van der Waals surface area (Å²) in [7, 11) is 0.